The van der Waals surface area contributed by atoms with E-state index in [0.29, 0.717) is 11.1 Å². The largest absolute Gasteiger partial charge is 0.324 e. The maximum Gasteiger partial charge on any atom is 0.228 e. The van der Waals surface area contributed by atoms with E-state index in [4.69, 9.17) is 11.6 Å². The second kappa shape index (κ2) is 6.53. The highest BCUT2D eigenvalue weighted by Crippen LogP contribution is 2.17. The average Bonchev–Trinajstić information content (AvgIpc) is 2.37. The quantitative estimate of drug-likeness (QED) is 0.815. The second-order valence-electron chi connectivity index (χ2n) is 4.58. The summed E-state index contributed by atoms with van der Waals surface area (Å²) in [5.74, 6) is 0.534. The minimum absolute atomic E-state index is 0.453. The average molecular weight is 276 g/mol. The minimum atomic E-state index is 0.453. The van der Waals surface area contributed by atoms with Gasteiger partial charge in [-0.3, -0.25) is 0 Å². The zero-order chi connectivity index (χ0) is 13.7. The van der Waals surface area contributed by atoms with Gasteiger partial charge >= 0.3 is 0 Å². The zero-order valence-corrected chi connectivity index (χ0v) is 12.0. The van der Waals surface area contributed by atoms with Crippen molar-refractivity contribution in [1.29, 1.82) is 0 Å². The standard InChI is InChI=1S/C15H18ClN3/c1-3-4-5-12-6-8-13(9-7-12)18-15-17-11(2)10-14(16)19-15/h6-10H,3-5H2,1-2H3,(H,17,18,19). The summed E-state index contributed by atoms with van der Waals surface area (Å²) >= 11 is 5.91. The van der Waals surface area contributed by atoms with Crippen LogP contribution >= 0.6 is 11.6 Å². The van der Waals surface area contributed by atoms with Crippen molar-refractivity contribution >= 4 is 23.2 Å². The third-order valence-corrected chi connectivity index (χ3v) is 3.05. The summed E-state index contributed by atoms with van der Waals surface area (Å²) in [4.78, 5) is 8.44. The van der Waals surface area contributed by atoms with Crippen LogP contribution in [0, 0.1) is 6.92 Å². The number of nitrogens with one attached hydrogen (secondary N) is 1. The van der Waals surface area contributed by atoms with Crippen LogP contribution < -0.4 is 5.32 Å². The molecule has 0 fully saturated rings. The Bertz CT molecular complexity index is 517. The maximum atomic E-state index is 5.91. The van der Waals surface area contributed by atoms with Crippen LogP contribution in [0.4, 0.5) is 11.6 Å². The van der Waals surface area contributed by atoms with Gasteiger partial charge in [0.1, 0.15) is 5.15 Å². The third-order valence-electron chi connectivity index (χ3n) is 2.85. The van der Waals surface area contributed by atoms with Crippen molar-refractivity contribution in [2.24, 2.45) is 0 Å². The summed E-state index contributed by atoms with van der Waals surface area (Å²) in [6, 6.07) is 10.1. The molecule has 0 saturated heterocycles. The molecule has 0 radical (unpaired) electrons. The molecular weight excluding hydrogens is 258 g/mol. The Kier molecular flexibility index (Phi) is 4.74. The number of benzene rings is 1. The number of aromatic nitrogens is 2. The van der Waals surface area contributed by atoms with Crippen LogP contribution in [0.2, 0.25) is 5.15 Å². The molecule has 1 N–H and O–H groups in total. The van der Waals surface area contributed by atoms with E-state index in [9.17, 15) is 0 Å². The number of rotatable bonds is 5. The third kappa shape index (κ3) is 4.21. The Hall–Kier alpha value is -1.61. The lowest BCUT2D eigenvalue weighted by molar-refractivity contribution is 0.795. The summed E-state index contributed by atoms with van der Waals surface area (Å²) in [6.07, 6.45) is 3.57. The smallest absolute Gasteiger partial charge is 0.228 e. The Morgan fingerprint density at radius 1 is 1.16 bits per heavy atom. The predicted octanol–water partition coefficient (Wildman–Crippen LogP) is 4.52. The van der Waals surface area contributed by atoms with E-state index in [1.807, 2.05) is 19.1 Å². The first kappa shape index (κ1) is 13.8. The van der Waals surface area contributed by atoms with Crippen LogP contribution in [-0.2, 0) is 6.42 Å². The van der Waals surface area contributed by atoms with Crippen LogP contribution in [0.15, 0.2) is 30.3 Å². The summed E-state index contributed by atoms with van der Waals surface area (Å²) in [5.41, 5.74) is 3.18. The van der Waals surface area contributed by atoms with E-state index in [1.165, 1.54) is 18.4 Å². The van der Waals surface area contributed by atoms with E-state index in [2.05, 4.69) is 34.3 Å². The summed E-state index contributed by atoms with van der Waals surface area (Å²) < 4.78 is 0. The molecular formula is C15H18ClN3. The predicted molar refractivity (Wildman–Crippen MR) is 80.1 cm³/mol. The highest BCUT2D eigenvalue weighted by molar-refractivity contribution is 6.29. The highest BCUT2D eigenvalue weighted by atomic mass is 35.5. The summed E-state index contributed by atoms with van der Waals surface area (Å²) in [7, 11) is 0. The van der Waals surface area contributed by atoms with Crippen LogP contribution in [0.25, 0.3) is 0 Å². The molecule has 100 valence electrons. The monoisotopic (exact) mass is 275 g/mol. The molecule has 0 aliphatic carbocycles. The van der Waals surface area contributed by atoms with Crippen LogP contribution in [0.1, 0.15) is 31.0 Å². The number of halogens is 1. The van der Waals surface area contributed by atoms with Crippen molar-refractivity contribution in [3.8, 4) is 0 Å². The molecule has 0 amide bonds. The summed E-state index contributed by atoms with van der Waals surface area (Å²) in [6.45, 7) is 4.10. The molecule has 0 unspecified atom stereocenters. The molecule has 0 saturated carbocycles. The van der Waals surface area contributed by atoms with Crippen molar-refractivity contribution in [1.82, 2.24) is 9.97 Å². The van der Waals surface area contributed by atoms with Crippen molar-refractivity contribution < 1.29 is 0 Å². The highest BCUT2D eigenvalue weighted by Gasteiger charge is 2.01. The first-order valence-electron chi connectivity index (χ1n) is 6.54. The fourth-order valence-electron chi connectivity index (χ4n) is 1.85. The normalized spacial score (nSPS) is 10.5. The number of hydrogen-bond acceptors (Lipinski definition) is 3. The minimum Gasteiger partial charge on any atom is -0.324 e. The fourth-order valence-corrected chi connectivity index (χ4v) is 2.09. The van der Waals surface area contributed by atoms with Gasteiger partial charge in [-0.15, -0.1) is 0 Å². The van der Waals surface area contributed by atoms with Gasteiger partial charge in [-0.2, -0.15) is 0 Å². The molecule has 0 aliphatic heterocycles. The molecule has 0 spiro atoms. The van der Waals surface area contributed by atoms with Gasteiger partial charge in [-0.1, -0.05) is 37.1 Å². The molecule has 1 heterocycles. The SMILES string of the molecule is CCCCc1ccc(Nc2nc(C)cc(Cl)n2)cc1. The molecule has 0 atom stereocenters. The van der Waals surface area contributed by atoms with Gasteiger partial charge in [-0.05, 0) is 43.5 Å². The molecule has 2 aromatic rings. The number of unbranched alkanes of at least 4 members (excludes halogenated alkanes) is 1. The number of aryl methyl sites for hydroxylation is 2. The van der Waals surface area contributed by atoms with E-state index < -0.39 is 0 Å². The molecule has 3 nitrogen and oxygen atoms in total. The summed E-state index contributed by atoms with van der Waals surface area (Å²) in [5, 5.41) is 3.62. The van der Waals surface area contributed by atoms with Crippen molar-refractivity contribution in [3.63, 3.8) is 0 Å². The Balaban J connectivity index is 2.06. The number of hydrogen-bond donors (Lipinski definition) is 1. The van der Waals surface area contributed by atoms with Gasteiger partial charge in [0.05, 0.1) is 0 Å². The zero-order valence-electron chi connectivity index (χ0n) is 11.3. The fraction of sp³-hybridized carbons (Fsp3) is 0.333. The maximum absolute atomic E-state index is 5.91. The van der Waals surface area contributed by atoms with Gasteiger partial charge in [-0.25, -0.2) is 9.97 Å². The van der Waals surface area contributed by atoms with Crippen LogP contribution in [-0.4, -0.2) is 9.97 Å². The van der Waals surface area contributed by atoms with E-state index in [1.54, 1.807) is 6.07 Å². The van der Waals surface area contributed by atoms with E-state index in [-0.39, 0.29) is 0 Å². The topological polar surface area (TPSA) is 37.8 Å². The van der Waals surface area contributed by atoms with Crippen molar-refractivity contribution in [3.05, 3.63) is 46.7 Å². The van der Waals surface area contributed by atoms with Gasteiger partial charge in [0, 0.05) is 11.4 Å². The Morgan fingerprint density at radius 3 is 2.53 bits per heavy atom. The Morgan fingerprint density at radius 2 is 1.89 bits per heavy atom. The number of anilines is 2. The van der Waals surface area contributed by atoms with Crippen LogP contribution in [0.5, 0.6) is 0 Å². The second-order valence-corrected chi connectivity index (χ2v) is 4.97. The lowest BCUT2D eigenvalue weighted by Crippen LogP contribution is -1.98. The molecule has 1 aromatic heterocycles. The van der Waals surface area contributed by atoms with E-state index in [0.717, 1.165) is 17.8 Å². The molecule has 4 heteroatoms. The van der Waals surface area contributed by atoms with Gasteiger partial charge < -0.3 is 5.32 Å². The lowest BCUT2D eigenvalue weighted by atomic mass is 10.1. The van der Waals surface area contributed by atoms with Gasteiger partial charge in [0.25, 0.3) is 0 Å². The molecule has 2 rings (SSSR count). The Labute approximate surface area is 119 Å². The van der Waals surface area contributed by atoms with E-state index >= 15 is 0 Å². The van der Waals surface area contributed by atoms with Crippen molar-refractivity contribution in [2.45, 2.75) is 33.1 Å². The molecule has 1 aromatic carbocycles. The lowest BCUT2D eigenvalue weighted by Gasteiger charge is -2.07. The van der Waals surface area contributed by atoms with Crippen LogP contribution in [0.3, 0.4) is 0 Å². The van der Waals surface area contributed by atoms with Gasteiger partial charge in [0.15, 0.2) is 0 Å². The molecule has 0 aliphatic rings. The first-order valence-corrected chi connectivity index (χ1v) is 6.92. The first-order chi connectivity index (χ1) is 9.17. The van der Waals surface area contributed by atoms with Crippen molar-refractivity contribution in [2.75, 3.05) is 5.32 Å². The number of nitrogens with zero attached hydrogens (tertiary/aromatic N) is 2. The molecule has 0 bridgehead atoms. The van der Waals surface area contributed by atoms with Gasteiger partial charge in [0.2, 0.25) is 5.95 Å². The molecule has 19 heavy (non-hydrogen) atoms.